The van der Waals surface area contributed by atoms with Crippen molar-refractivity contribution in [2.24, 2.45) is 11.8 Å². The average Bonchev–Trinajstić information content (AvgIpc) is 2.43. The van der Waals surface area contributed by atoms with Crippen molar-refractivity contribution in [2.75, 3.05) is 13.1 Å². The zero-order chi connectivity index (χ0) is 15.4. The highest BCUT2D eigenvalue weighted by Crippen LogP contribution is 2.20. The van der Waals surface area contributed by atoms with Gasteiger partial charge in [-0.3, -0.25) is 4.79 Å². The van der Waals surface area contributed by atoms with Crippen LogP contribution in [0.1, 0.15) is 86.0 Å². The summed E-state index contributed by atoms with van der Waals surface area (Å²) in [5.74, 6) is 1.20. The van der Waals surface area contributed by atoms with Crippen molar-refractivity contribution >= 4 is 5.91 Å². The van der Waals surface area contributed by atoms with Gasteiger partial charge in [-0.05, 0) is 26.2 Å². The lowest BCUT2D eigenvalue weighted by molar-refractivity contribution is -0.135. The highest BCUT2D eigenvalue weighted by molar-refractivity contribution is 5.78. The summed E-state index contributed by atoms with van der Waals surface area (Å²) in [5.41, 5.74) is 0. The number of amides is 1. The van der Waals surface area contributed by atoms with Crippen molar-refractivity contribution in [1.29, 1.82) is 0 Å². The molecular formula is C18H37NO. The Morgan fingerprint density at radius 3 is 2.00 bits per heavy atom. The first-order valence-corrected chi connectivity index (χ1v) is 8.85. The molecule has 0 heterocycles. The minimum atomic E-state index is 0.185. The average molecular weight is 284 g/mol. The quantitative estimate of drug-likeness (QED) is 0.447. The van der Waals surface area contributed by atoms with Gasteiger partial charge >= 0.3 is 0 Å². The van der Waals surface area contributed by atoms with Crippen LogP contribution in [0.25, 0.3) is 0 Å². The van der Waals surface area contributed by atoms with Crippen LogP contribution >= 0.6 is 0 Å². The molecule has 0 unspecified atom stereocenters. The van der Waals surface area contributed by atoms with E-state index in [1.807, 2.05) is 4.90 Å². The Morgan fingerprint density at radius 1 is 0.900 bits per heavy atom. The van der Waals surface area contributed by atoms with E-state index in [2.05, 4.69) is 34.6 Å². The first kappa shape index (κ1) is 19.5. The molecule has 0 aliphatic rings. The first-order chi connectivity index (χ1) is 9.56. The molecule has 0 saturated carbocycles. The van der Waals surface area contributed by atoms with Crippen LogP contribution in [0.2, 0.25) is 0 Å². The summed E-state index contributed by atoms with van der Waals surface area (Å²) in [6, 6.07) is 0. The molecule has 0 aliphatic carbocycles. The second-order valence-electron chi connectivity index (χ2n) is 6.31. The molecule has 2 heteroatoms. The minimum Gasteiger partial charge on any atom is -0.343 e. The minimum absolute atomic E-state index is 0.185. The van der Waals surface area contributed by atoms with E-state index in [1.54, 1.807) is 0 Å². The molecular weight excluding hydrogens is 246 g/mol. The monoisotopic (exact) mass is 283 g/mol. The molecule has 20 heavy (non-hydrogen) atoms. The smallest absolute Gasteiger partial charge is 0.225 e. The first-order valence-electron chi connectivity index (χ1n) is 8.85. The maximum absolute atomic E-state index is 12.2. The van der Waals surface area contributed by atoms with Gasteiger partial charge < -0.3 is 4.90 Å². The van der Waals surface area contributed by atoms with E-state index in [0.717, 1.165) is 19.5 Å². The largest absolute Gasteiger partial charge is 0.343 e. The number of unbranched alkanes of at least 4 members (excludes halogenated alkanes) is 5. The Hall–Kier alpha value is -0.530. The van der Waals surface area contributed by atoms with Crippen LogP contribution in [0.3, 0.4) is 0 Å². The van der Waals surface area contributed by atoms with Gasteiger partial charge in [-0.1, -0.05) is 65.7 Å². The summed E-state index contributed by atoms with van der Waals surface area (Å²) in [5, 5.41) is 0. The summed E-state index contributed by atoms with van der Waals surface area (Å²) >= 11 is 0. The van der Waals surface area contributed by atoms with Crippen molar-refractivity contribution in [1.82, 2.24) is 4.90 Å². The van der Waals surface area contributed by atoms with Crippen LogP contribution in [0.5, 0.6) is 0 Å². The fraction of sp³-hybridized carbons (Fsp3) is 0.944. The molecule has 0 rings (SSSR count). The van der Waals surface area contributed by atoms with Gasteiger partial charge in [0.25, 0.3) is 0 Å². The highest BCUT2D eigenvalue weighted by Gasteiger charge is 2.20. The van der Waals surface area contributed by atoms with Crippen LogP contribution in [-0.2, 0) is 4.79 Å². The van der Waals surface area contributed by atoms with Gasteiger partial charge in [0, 0.05) is 19.0 Å². The van der Waals surface area contributed by atoms with Gasteiger partial charge in [0.1, 0.15) is 0 Å². The number of carbonyl (C=O) groups is 1. The molecule has 0 radical (unpaired) electrons. The standard InChI is InChI=1S/C18H37NO/c1-6-9-10-11-12-13-14-16(4)15-17(5)18(20)19(7-2)8-3/h16-17H,6-15H2,1-5H3/t16-,17-/m0/s1. The molecule has 0 aromatic heterocycles. The molecule has 0 bridgehead atoms. The number of hydrogen-bond acceptors (Lipinski definition) is 1. The number of nitrogens with zero attached hydrogens (tertiary/aromatic N) is 1. The summed E-state index contributed by atoms with van der Waals surface area (Å²) in [7, 11) is 0. The van der Waals surface area contributed by atoms with E-state index in [9.17, 15) is 4.79 Å². The SMILES string of the molecule is CCCCCCCC[C@H](C)C[C@H](C)C(=O)N(CC)CC. The van der Waals surface area contributed by atoms with E-state index in [1.165, 1.54) is 44.9 Å². The molecule has 0 saturated heterocycles. The van der Waals surface area contributed by atoms with Crippen LogP contribution in [-0.4, -0.2) is 23.9 Å². The fourth-order valence-corrected chi connectivity index (χ4v) is 2.94. The molecule has 120 valence electrons. The third kappa shape index (κ3) is 8.60. The van der Waals surface area contributed by atoms with Gasteiger partial charge in [0.2, 0.25) is 5.91 Å². The van der Waals surface area contributed by atoms with Crippen molar-refractivity contribution in [3.05, 3.63) is 0 Å². The topological polar surface area (TPSA) is 20.3 Å². The van der Waals surface area contributed by atoms with Gasteiger partial charge in [0.15, 0.2) is 0 Å². The molecule has 0 spiro atoms. The van der Waals surface area contributed by atoms with Crippen LogP contribution in [0, 0.1) is 11.8 Å². The van der Waals surface area contributed by atoms with Gasteiger partial charge in [0.05, 0.1) is 0 Å². The van der Waals surface area contributed by atoms with Gasteiger partial charge in [-0.15, -0.1) is 0 Å². The third-order valence-corrected chi connectivity index (χ3v) is 4.30. The maximum Gasteiger partial charge on any atom is 0.225 e. The fourth-order valence-electron chi connectivity index (χ4n) is 2.94. The Balaban J connectivity index is 3.78. The molecule has 0 aliphatic heterocycles. The predicted octanol–water partition coefficient (Wildman–Crippen LogP) is 5.27. The van der Waals surface area contributed by atoms with Crippen molar-refractivity contribution in [3.8, 4) is 0 Å². The Labute approximate surface area is 127 Å². The lowest BCUT2D eigenvalue weighted by Gasteiger charge is -2.24. The van der Waals surface area contributed by atoms with E-state index in [-0.39, 0.29) is 5.92 Å². The van der Waals surface area contributed by atoms with Crippen molar-refractivity contribution in [3.63, 3.8) is 0 Å². The number of hydrogen-bond donors (Lipinski definition) is 0. The second kappa shape index (κ2) is 12.2. The number of rotatable bonds is 12. The van der Waals surface area contributed by atoms with Crippen LogP contribution in [0.4, 0.5) is 0 Å². The summed E-state index contributed by atoms with van der Waals surface area (Å²) in [4.78, 5) is 14.2. The molecule has 0 fully saturated rings. The van der Waals surface area contributed by atoms with Crippen molar-refractivity contribution in [2.45, 2.75) is 86.0 Å². The predicted molar refractivity (Wildman–Crippen MR) is 88.9 cm³/mol. The van der Waals surface area contributed by atoms with E-state index in [4.69, 9.17) is 0 Å². The highest BCUT2D eigenvalue weighted by atomic mass is 16.2. The molecule has 0 aromatic carbocycles. The summed E-state index contributed by atoms with van der Waals surface area (Å²) < 4.78 is 0. The zero-order valence-electron chi connectivity index (χ0n) is 14.6. The van der Waals surface area contributed by atoms with Crippen LogP contribution in [0.15, 0.2) is 0 Å². The van der Waals surface area contributed by atoms with Gasteiger partial charge in [-0.25, -0.2) is 0 Å². The molecule has 2 atom stereocenters. The van der Waals surface area contributed by atoms with Crippen molar-refractivity contribution < 1.29 is 4.79 Å². The Bertz CT molecular complexity index is 236. The van der Waals surface area contributed by atoms with Crippen LogP contribution < -0.4 is 0 Å². The molecule has 2 nitrogen and oxygen atoms in total. The summed E-state index contributed by atoms with van der Waals surface area (Å²) in [6.07, 6.45) is 10.5. The Morgan fingerprint density at radius 2 is 1.45 bits per heavy atom. The lowest BCUT2D eigenvalue weighted by Crippen LogP contribution is -2.35. The molecule has 1 amide bonds. The van der Waals surface area contributed by atoms with Gasteiger partial charge in [-0.2, -0.15) is 0 Å². The molecule has 0 N–H and O–H groups in total. The lowest BCUT2D eigenvalue weighted by atomic mass is 9.91. The third-order valence-electron chi connectivity index (χ3n) is 4.30. The van der Waals surface area contributed by atoms with E-state index >= 15 is 0 Å². The maximum atomic E-state index is 12.2. The summed E-state index contributed by atoms with van der Waals surface area (Å²) in [6.45, 7) is 12.5. The number of carbonyl (C=O) groups excluding carboxylic acids is 1. The Kier molecular flexibility index (Phi) is 11.9. The zero-order valence-corrected chi connectivity index (χ0v) is 14.6. The van der Waals surface area contributed by atoms with E-state index in [0.29, 0.717) is 11.8 Å². The molecule has 0 aromatic rings. The second-order valence-corrected chi connectivity index (χ2v) is 6.31. The normalized spacial score (nSPS) is 14.1. The van der Waals surface area contributed by atoms with E-state index < -0.39 is 0 Å².